The predicted octanol–water partition coefficient (Wildman–Crippen LogP) is 4.37. The number of rotatable bonds is 6. The Morgan fingerprint density at radius 3 is 2.13 bits per heavy atom. The van der Waals surface area contributed by atoms with Crippen molar-refractivity contribution in [1.82, 2.24) is 0 Å². The zero-order chi connectivity index (χ0) is 12.1. The molecule has 0 aliphatic carbocycles. The van der Waals surface area contributed by atoms with Gasteiger partial charge in [-0.15, -0.1) is 0 Å². The molecule has 0 unspecified atom stereocenters. The Hall–Kier alpha value is -0.590. The standard InChI is InChI=1S/C14H26O/c1-7-8-9-10-13(3,4)11-14(5,6)12(2)15/h9-10H,7-8,11H2,1-6H3. The summed E-state index contributed by atoms with van der Waals surface area (Å²) in [7, 11) is 0. The summed E-state index contributed by atoms with van der Waals surface area (Å²) in [6.45, 7) is 12.3. The van der Waals surface area contributed by atoms with Crippen LogP contribution in [0.2, 0.25) is 0 Å². The fourth-order valence-electron chi connectivity index (χ4n) is 1.89. The van der Waals surface area contributed by atoms with Crippen LogP contribution in [0.1, 0.15) is 60.8 Å². The van der Waals surface area contributed by atoms with Crippen LogP contribution in [0, 0.1) is 10.8 Å². The summed E-state index contributed by atoms with van der Waals surface area (Å²) in [6, 6.07) is 0. The average Bonchev–Trinajstić information content (AvgIpc) is 2.01. The van der Waals surface area contributed by atoms with Crippen LogP contribution in [0.5, 0.6) is 0 Å². The van der Waals surface area contributed by atoms with Crippen LogP contribution in [0.15, 0.2) is 12.2 Å². The molecule has 0 aromatic rings. The van der Waals surface area contributed by atoms with Crippen LogP contribution >= 0.6 is 0 Å². The lowest BCUT2D eigenvalue weighted by Gasteiger charge is -2.31. The molecule has 0 aromatic heterocycles. The van der Waals surface area contributed by atoms with E-state index >= 15 is 0 Å². The van der Waals surface area contributed by atoms with Crippen molar-refractivity contribution >= 4 is 5.78 Å². The van der Waals surface area contributed by atoms with Crippen molar-refractivity contribution in [2.75, 3.05) is 0 Å². The zero-order valence-electron chi connectivity index (χ0n) is 11.2. The Morgan fingerprint density at radius 2 is 1.73 bits per heavy atom. The Bertz CT molecular complexity index is 234. The average molecular weight is 210 g/mol. The number of unbranched alkanes of at least 4 members (excludes halogenated alkanes) is 1. The molecule has 1 heteroatoms. The molecule has 0 aliphatic heterocycles. The van der Waals surface area contributed by atoms with Crippen molar-refractivity contribution in [3.05, 3.63) is 12.2 Å². The summed E-state index contributed by atoms with van der Waals surface area (Å²) in [6.07, 6.45) is 7.71. The number of hydrogen-bond donors (Lipinski definition) is 0. The molecule has 0 heterocycles. The van der Waals surface area contributed by atoms with Crippen molar-refractivity contribution in [3.63, 3.8) is 0 Å². The van der Waals surface area contributed by atoms with Gasteiger partial charge in [-0.1, -0.05) is 53.2 Å². The normalized spacial score (nSPS) is 13.5. The van der Waals surface area contributed by atoms with E-state index in [2.05, 4.69) is 32.9 Å². The number of carbonyl (C=O) groups is 1. The second-order valence-corrected chi connectivity index (χ2v) is 5.80. The highest BCUT2D eigenvalue weighted by Gasteiger charge is 2.30. The molecular weight excluding hydrogens is 184 g/mol. The molecule has 0 bridgehead atoms. The van der Waals surface area contributed by atoms with Gasteiger partial charge in [0.1, 0.15) is 5.78 Å². The third-order valence-corrected chi connectivity index (χ3v) is 2.88. The maximum absolute atomic E-state index is 11.4. The van der Waals surface area contributed by atoms with Gasteiger partial charge in [-0.3, -0.25) is 4.79 Å². The topological polar surface area (TPSA) is 17.1 Å². The van der Waals surface area contributed by atoms with Crippen molar-refractivity contribution in [2.24, 2.45) is 10.8 Å². The first kappa shape index (κ1) is 14.4. The first-order valence-corrected chi connectivity index (χ1v) is 5.90. The summed E-state index contributed by atoms with van der Waals surface area (Å²) >= 11 is 0. The minimum Gasteiger partial charge on any atom is -0.299 e. The lowest BCUT2D eigenvalue weighted by molar-refractivity contribution is -0.126. The van der Waals surface area contributed by atoms with Crippen LogP contribution in [0.25, 0.3) is 0 Å². The third-order valence-electron chi connectivity index (χ3n) is 2.88. The van der Waals surface area contributed by atoms with E-state index in [1.807, 2.05) is 13.8 Å². The predicted molar refractivity (Wildman–Crippen MR) is 66.9 cm³/mol. The molecule has 0 atom stereocenters. The summed E-state index contributed by atoms with van der Waals surface area (Å²) in [5.41, 5.74) is -0.0929. The van der Waals surface area contributed by atoms with Crippen LogP contribution < -0.4 is 0 Å². The molecule has 0 saturated heterocycles. The van der Waals surface area contributed by atoms with E-state index in [-0.39, 0.29) is 16.6 Å². The molecule has 0 saturated carbocycles. The van der Waals surface area contributed by atoms with Crippen molar-refractivity contribution < 1.29 is 4.79 Å². The van der Waals surface area contributed by atoms with Crippen LogP contribution in [-0.4, -0.2) is 5.78 Å². The molecule has 0 N–H and O–H groups in total. The number of hydrogen-bond acceptors (Lipinski definition) is 1. The fraction of sp³-hybridized carbons (Fsp3) is 0.786. The van der Waals surface area contributed by atoms with Crippen molar-refractivity contribution in [2.45, 2.75) is 60.8 Å². The van der Waals surface area contributed by atoms with E-state index in [0.717, 1.165) is 12.8 Å². The van der Waals surface area contributed by atoms with Crippen LogP contribution in [0.4, 0.5) is 0 Å². The molecule has 0 rings (SSSR count). The van der Waals surface area contributed by atoms with Gasteiger partial charge in [0.15, 0.2) is 0 Å². The maximum Gasteiger partial charge on any atom is 0.135 e. The lowest BCUT2D eigenvalue weighted by Crippen LogP contribution is -2.27. The van der Waals surface area contributed by atoms with Crippen LogP contribution in [-0.2, 0) is 4.79 Å². The van der Waals surface area contributed by atoms with Gasteiger partial charge in [0.2, 0.25) is 0 Å². The highest BCUT2D eigenvalue weighted by atomic mass is 16.1. The molecule has 1 nitrogen and oxygen atoms in total. The van der Waals surface area contributed by atoms with Crippen molar-refractivity contribution in [1.29, 1.82) is 0 Å². The maximum atomic E-state index is 11.4. The fourth-order valence-corrected chi connectivity index (χ4v) is 1.89. The lowest BCUT2D eigenvalue weighted by atomic mass is 9.73. The Labute approximate surface area is 95.0 Å². The highest BCUT2D eigenvalue weighted by molar-refractivity contribution is 5.81. The minimum atomic E-state index is -0.208. The van der Waals surface area contributed by atoms with E-state index < -0.39 is 0 Å². The van der Waals surface area contributed by atoms with Gasteiger partial charge in [-0.2, -0.15) is 0 Å². The molecule has 15 heavy (non-hydrogen) atoms. The van der Waals surface area contributed by atoms with Gasteiger partial charge in [0.25, 0.3) is 0 Å². The third kappa shape index (κ3) is 5.76. The molecule has 88 valence electrons. The van der Waals surface area contributed by atoms with Gasteiger partial charge in [-0.25, -0.2) is 0 Å². The monoisotopic (exact) mass is 210 g/mol. The smallest absolute Gasteiger partial charge is 0.135 e. The molecule has 0 fully saturated rings. The number of allylic oxidation sites excluding steroid dienone is 2. The summed E-state index contributed by atoms with van der Waals surface area (Å²) in [4.78, 5) is 11.4. The largest absolute Gasteiger partial charge is 0.299 e. The van der Waals surface area contributed by atoms with E-state index in [4.69, 9.17) is 0 Å². The van der Waals surface area contributed by atoms with Gasteiger partial charge >= 0.3 is 0 Å². The Morgan fingerprint density at radius 1 is 1.20 bits per heavy atom. The summed E-state index contributed by atoms with van der Waals surface area (Å²) < 4.78 is 0. The highest BCUT2D eigenvalue weighted by Crippen LogP contribution is 2.35. The molecule has 0 spiro atoms. The number of ketones is 1. The molecular formula is C14H26O. The van der Waals surface area contributed by atoms with Gasteiger partial charge in [0.05, 0.1) is 0 Å². The zero-order valence-corrected chi connectivity index (χ0v) is 11.2. The van der Waals surface area contributed by atoms with Gasteiger partial charge in [0, 0.05) is 5.41 Å². The quantitative estimate of drug-likeness (QED) is 0.595. The second kappa shape index (κ2) is 5.48. The number of carbonyl (C=O) groups excluding carboxylic acids is 1. The summed E-state index contributed by atoms with van der Waals surface area (Å²) in [5, 5.41) is 0. The van der Waals surface area contributed by atoms with Crippen molar-refractivity contribution in [3.8, 4) is 0 Å². The Balaban J connectivity index is 4.43. The molecule has 0 aromatic carbocycles. The molecule has 0 aliphatic rings. The molecule has 0 radical (unpaired) electrons. The minimum absolute atomic E-state index is 0.115. The van der Waals surface area contributed by atoms with Crippen LogP contribution in [0.3, 0.4) is 0 Å². The first-order chi connectivity index (χ1) is 6.71. The second-order valence-electron chi connectivity index (χ2n) is 5.80. The van der Waals surface area contributed by atoms with E-state index in [0.29, 0.717) is 0 Å². The van der Waals surface area contributed by atoms with E-state index in [9.17, 15) is 4.79 Å². The molecule has 0 amide bonds. The Kier molecular flexibility index (Phi) is 5.27. The van der Waals surface area contributed by atoms with E-state index in [1.54, 1.807) is 6.92 Å². The van der Waals surface area contributed by atoms with Gasteiger partial charge < -0.3 is 0 Å². The number of Topliss-reactive ketones (excluding diaryl/α,β-unsaturated/α-hetero) is 1. The summed E-state index contributed by atoms with van der Waals surface area (Å²) in [5.74, 6) is 0.277. The SMILES string of the molecule is CCCC=CC(C)(C)CC(C)(C)C(C)=O. The van der Waals surface area contributed by atoms with E-state index in [1.165, 1.54) is 6.42 Å². The van der Waals surface area contributed by atoms with Gasteiger partial charge in [-0.05, 0) is 25.2 Å². The first-order valence-electron chi connectivity index (χ1n) is 5.90.